The van der Waals surface area contributed by atoms with Gasteiger partial charge in [0, 0.05) is 15.3 Å². The molecule has 1 aliphatic carbocycles. The van der Waals surface area contributed by atoms with Gasteiger partial charge in [0.05, 0.1) is 0 Å². The molecule has 1 atom stereocenters. The highest BCUT2D eigenvalue weighted by Crippen LogP contribution is 2.41. The Labute approximate surface area is 79.6 Å². The monoisotopic (exact) mass is 198 g/mol. The number of thiophene rings is 1. The van der Waals surface area contributed by atoms with Gasteiger partial charge in [-0.1, -0.05) is 0 Å². The molecule has 1 aromatic rings. The molecule has 13 heavy (non-hydrogen) atoms. The number of aryl methyl sites for hydroxylation is 2. The Kier molecular flexibility index (Phi) is 1.72. The molecular formula is C9H10O3S. The van der Waals surface area contributed by atoms with Crippen LogP contribution >= 0.6 is 11.3 Å². The fourth-order valence-corrected chi connectivity index (χ4v) is 2.86. The number of hydrogen-bond donors (Lipinski definition) is 2. The predicted octanol–water partition coefficient (Wildman–Crippen LogP) is 1.27. The first-order valence-corrected chi connectivity index (χ1v) is 4.91. The maximum atomic E-state index is 10.8. The fourth-order valence-electron chi connectivity index (χ4n) is 1.75. The third kappa shape index (κ3) is 1.09. The first-order chi connectivity index (χ1) is 6.04. The van der Waals surface area contributed by atoms with E-state index in [1.54, 1.807) is 17.4 Å². The van der Waals surface area contributed by atoms with E-state index < -0.39 is 11.6 Å². The standard InChI is InChI=1S/C9H10O3S/c1-5-4-6-7(13-5)2-3-9(6,12)8(10)11/h4,12H,2-3H2,1H3,(H,10,11). The number of aliphatic carboxylic acids is 1. The zero-order valence-corrected chi connectivity index (χ0v) is 8.02. The van der Waals surface area contributed by atoms with Crippen molar-refractivity contribution in [1.29, 1.82) is 0 Å². The molecule has 1 unspecified atom stereocenters. The van der Waals surface area contributed by atoms with Crippen molar-refractivity contribution in [2.75, 3.05) is 0 Å². The minimum atomic E-state index is -1.62. The summed E-state index contributed by atoms with van der Waals surface area (Å²) in [5, 5.41) is 18.7. The van der Waals surface area contributed by atoms with Crippen LogP contribution in [-0.2, 0) is 16.8 Å². The van der Waals surface area contributed by atoms with Gasteiger partial charge >= 0.3 is 5.97 Å². The fraction of sp³-hybridized carbons (Fsp3) is 0.444. The van der Waals surface area contributed by atoms with Gasteiger partial charge in [-0.25, -0.2) is 4.79 Å². The second-order valence-electron chi connectivity index (χ2n) is 3.36. The van der Waals surface area contributed by atoms with Gasteiger partial charge in [0.15, 0.2) is 5.60 Å². The van der Waals surface area contributed by atoms with Gasteiger partial charge in [-0.15, -0.1) is 11.3 Å². The van der Waals surface area contributed by atoms with Crippen LogP contribution in [0.5, 0.6) is 0 Å². The van der Waals surface area contributed by atoms with Gasteiger partial charge in [0.2, 0.25) is 0 Å². The maximum absolute atomic E-state index is 10.8. The lowest BCUT2D eigenvalue weighted by Crippen LogP contribution is -2.32. The van der Waals surface area contributed by atoms with Crippen LogP contribution in [-0.4, -0.2) is 16.2 Å². The zero-order valence-electron chi connectivity index (χ0n) is 7.20. The van der Waals surface area contributed by atoms with E-state index in [1.165, 1.54) is 0 Å². The average molecular weight is 198 g/mol. The van der Waals surface area contributed by atoms with Crippen LogP contribution in [0.15, 0.2) is 6.07 Å². The minimum absolute atomic E-state index is 0.309. The number of fused-ring (bicyclic) bond motifs is 1. The Morgan fingerprint density at radius 1 is 1.69 bits per heavy atom. The van der Waals surface area contributed by atoms with E-state index in [0.29, 0.717) is 18.4 Å². The van der Waals surface area contributed by atoms with Crippen molar-refractivity contribution < 1.29 is 15.0 Å². The largest absolute Gasteiger partial charge is 0.479 e. The summed E-state index contributed by atoms with van der Waals surface area (Å²) >= 11 is 1.57. The second-order valence-corrected chi connectivity index (χ2v) is 4.70. The van der Waals surface area contributed by atoms with Crippen LogP contribution in [0.2, 0.25) is 0 Å². The Hall–Kier alpha value is -0.870. The zero-order chi connectivity index (χ0) is 9.64. The van der Waals surface area contributed by atoms with Crippen LogP contribution in [0, 0.1) is 6.92 Å². The molecule has 0 fully saturated rings. The second kappa shape index (κ2) is 2.56. The molecule has 0 amide bonds. The number of hydrogen-bond acceptors (Lipinski definition) is 3. The van der Waals surface area contributed by atoms with E-state index in [-0.39, 0.29) is 0 Å². The Morgan fingerprint density at radius 2 is 2.38 bits per heavy atom. The molecule has 0 aliphatic heterocycles. The summed E-state index contributed by atoms with van der Waals surface area (Å²) in [5.41, 5.74) is -1.03. The van der Waals surface area contributed by atoms with E-state index >= 15 is 0 Å². The molecule has 0 spiro atoms. The molecule has 0 saturated carbocycles. The van der Waals surface area contributed by atoms with Crippen molar-refractivity contribution >= 4 is 17.3 Å². The van der Waals surface area contributed by atoms with Crippen molar-refractivity contribution in [1.82, 2.24) is 0 Å². The van der Waals surface area contributed by atoms with E-state index in [2.05, 4.69) is 0 Å². The number of carboxylic acids is 1. The molecule has 4 heteroatoms. The van der Waals surface area contributed by atoms with Crippen molar-refractivity contribution in [2.24, 2.45) is 0 Å². The topological polar surface area (TPSA) is 57.5 Å². The van der Waals surface area contributed by atoms with Crippen LogP contribution in [0.3, 0.4) is 0 Å². The van der Waals surface area contributed by atoms with Crippen molar-refractivity contribution in [3.63, 3.8) is 0 Å². The molecule has 70 valence electrons. The molecule has 0 aromatic carbocycles. The van der Waals surface area contributed by atoms with Gasteiger partial charge < -0.3 is 10.2 Å². The molecule has 0 bridgehead atoms. The quantitative estimate of drug-likeness (QED) is 0.714. The summed E-state index contributed by atoms with van der Waals surface area (Å²) in [4.78, 5) is 12.9. The molecule has 1 aromatic heterocycles. The Morgan fingerprint density at radius 3 is 3.00 bits per heavy atom. The smallest absolute Gasteiger partial charge is 0.340 e. The number of rotatable bonds is 1. The van der Waals surface area contributed by atoms with Crippen LogP contribution in [0.1, 0.15) is 21.7 Å². The molecule has 2 rings (SSSR count). The highest BCUT2D eigenvalue weighted by atomic mass is 32.1. The molecule has 1 aliphatic rings. The number of carboxylic acid groups (broad SMARTS) is 1. The Bertz CT molecular complexity index is 369. The molecule has 2 N–H and O–H groups in total. The van der Waals surface area contributed by atoms with Crippen molar-refractivity contribution in [2.45, 2.75) is 25.4 Å². The highest BCUT2D eigenvalue weighted by Gasteiger charge is 2.44. The number of carbonyl (C=O) groups is 1. The van der Waals surface area contributed by atoms with E-state index in [1.807, 2.05) is 6.92 Å². The third-order valence-electron chi connectivity index (χ3n) is 2.45. The van der Waals surface area contributed by atoms with E-state index in [4.69, 9.17) is 5.11 Å². The van der Waals surface area contributed by atoms with Crippen molar-refractivity contribution in [3.05, 3.63) is 21.4 Å². The highest BCUT2D eigenvalue weighted by molar-refractivity contribution is 7.12. The summed E-state index contributed by atoms with van der Waals surface area (Å²) in [6.07, 6.45) is 0.987. The normalized spacial score (nSPS) is 26.0. The summed E-state index contributed by atoms with van der Waals surface area (Å²) in [5.74, 6) is -1.14. The van der Waals surface area contributed by atoms with Gasteiger partial charge in [0.25, 0.3) is 0 Å². The summed E-state index contributed by atoms with van der Waals surface area (Å²) in [7, 11) is 0. The SMILES string of the molecule is Cc1cc2c(s1)CCC2(O)C(=O)O. The lowest BCUT2D eigenvalue weighted by Gasteiger charge is -2.16. The summed E-state index contributed by atoms with van der Waals surface area (Å²) < 4.78 is 0. The third-order valence-corrected chi connectivity index (χ3v) is 3.56. The Balaban J connectivity index is 2.53. The molecular weight excluding hydrogens is 188 g/mol. The van der Waals surface area contributed by atoms with Crippen LogP contribution in [0.4, 0.5) is 0 Å². The predicted molar refractivity (Wildman–Crippen MR) is 48.9 cm³/mol. The van der Waals surface area contributed by atoms with Gasteiger partial charge in [0.1, 0.15) is 0 Å². The lowest BCUT2D eigenvalue weighted by molar-refractivity contribution is -0.159. The average Bonchev–Trinajstić information content (AvgIpc) is 2.53. The molecule has 1 heterocycles. The summed E-state index contributed by atoms with van der Waals surface area (Å²) in [6, 6.07) is 1.78. The van der Waals surface area contributed by atoms with Crippen molar-refractivity contribution in [3.8, 4) is 0 Å². The van der Waals surface area contributed by atoms with E-state index in [9.17, 15) is 9.90 Å². The van der Waals surface area contributed by atoms with Gasteiger partial charge in [-0.05, 0) is 25.8 Å². The summed E-state index contributed by atoms with van der Waals surface area (Å²) in [6.45, 7) is 1.92. The first-order valence-electron chi connectivity index (χ1n) is 4.09. The lowest BCUT2D eigenvalue weighted by atomic mass is 9.98. The van der Waals surface area contributed by atoms with Gasteiger partial charge in [-0.3, -0.25) is 0 Å². The maximum Gasteiger partial charge on any atom is 0.340 e. The van der Waals surface area contributed by atoms with Gasteiger partial charge in [-0.2, -0.15) is 0 Å². The first kappa shape index (κ1) is 8.72. The number of aliphatic hydroxyl groups is 1. The molecule has 0 radical (unpaired) electrons. The minimum Gasteiger partial charge on any atom is -0.479 e. The molecule has 0 saturated heterocycles. The van der Waals surface area contributed by atoms with E-state index in [0.717, 1.165) is 9.75 Å². The van der Waals surface area contributed by atoms with Crippen LogP contribution in [0.25, 0.3) is 0 Å². The van der Waals surface area contributed by atoms with Crippen LogP contribution < -0.4 is 0 Å². The molecule has 3 nitrogen and oxygen atoms in total.